The summed E-state index contributed by atoms with van der Waals surface area (Å²) in [6.07, 6.45) is 1.90. The van der Waals surface area contributed by atoms with Crippen molar-refractivity contribution < 1.29 is 21.1 Å². The average molecular weight is 813 g/mol. The van der Waals surface area contributed by atoms with Crippen LogP contribution < -0.4 is 14.7 Å². The first-order valence-corrected chi connectivity index (χ1v) is 16.2. The van der Waals surface area contributed by atoms with Crippen molar-refractivity contribution in [2.75, 3.05) is 28.4 Å². The second-order valence-corrected chi connectivity index (χ2v) is 12.1. The van der Waals surface area contributed by atoms with Crippen LogP contribution >= 0.6 is 0 Å². The largest absolute Gasteiger partial charge is 2.00 e. The molecule has 1 aliphatic heterocycles. The molecule has 6 aromatic carbocycles. The van der Waals surface area contributed by atoms with Crippen LogP contribution in [0.4, 0.5) is 34.1 Å². The predicted octanol–water partition coefficient (Wildman–Crippen LogP) is 10.5. The molecule has 49 heavy (non-hydrogen) atoms. The molecule has 5 nitrogen and oxygen atoms in total. The molecule has 0 unspecified atom stereocenters. The minimum atomic E-state index is 0. The topological polar surface area (TPSA) is 27.5 Å². The first-order valence-electron chi connectivity index (χ1n) is 16.2. The number of aromatic nitrogens is 2. The molecule has 9 rings (SSSR count). The fourth-order valence-corrected chi connectivity index (χ4v) is 6.90. The Morgan fingerprint density at radius 3 is 2.16 bits per heavy atom. The van der Waals surface area contributed by atoms with Crippen molar-refractivity contribution in [1.82, 2.24) is 9.55 Å². The van der Waals surface area contributed by atoms with Crippen LogP contribution in [0.5, 0.6) is 0 Å². The summed E-state index contributed by atoms with van der Waals surface area (Å²) in [7, 11) is 2.13. The quantitative estimate of drug-likeness (QED) is 0.156. The van der Waals surface area contributed by atoms with Gasteiger partial charge in [-0.05, 0) is 59.0 Å². The minimum Gasteiger partial charge on any atom is -0.358 e. The van der Waals surface area contributed by atoms with Crippen molar-refractivity contribution in [3.8, 4) is 16.9 Å². The number of hydrogen-bond donors (Lipinski definition) is 0. The molecular formula is C43H31N5Pt. The van der Waals surface area contributed by atoms with Gasteiger partial charge in [0.25, 0.3) is 0 Å². The molecule has 1 aliphatic rings. The van der Waals surface area contributed by atoms with Crippen molar-refractivity contribution >= 4 is 55.9 Å². The molecule has 0 bridgehead atoms. The third-order valence-electron chi connectivity index (χ3n) is 9.14. The summed E-state index contributed by atoms with van der Waals surface area (Å²) >= 11 is 0. The van der Waals surface area contributed by atoms with Gasteiger partial charge in [0.05, 0.1) is 18.0 Å². The zero-order chi connectivity index (χ0) is 32.0. The fraction of sp³-hybridized carbons (Fsp3) is 0.0465. The minimum absolute atomic E-state index is 0. The van der Waals surface area contributed by atoms with Gasteiger partial charge < -0.3 is 19.3 Å². The van der Waals surface area contributed by atoms with Crippen LogP contribution in [0.25, 0.3) is 38.8 Å². The Morgan fingerprint density at radius 2 is 1.33 bits per heavy atom. The molecule has 238 valence electrons. The molecule has 0 amide bonds. The van der Waals surface area contributed by atoms with Gasteiger partial charge in [-0.15, -0.1) is 35.7 Å². The van der Waals surface area contributed by atoms with E-state index in [1.807, 2.05) is 12.3 Å². The SMILES string of the molecule is CN1CN(c2[c-]c(N(c3[c-]c4c(cc3)c3ccccc3n4-c3cc(-c4ccccc4)ccn3)c3ccccc3)ccc2)c2ccccc21.[Pt+2]. The molecule has 0 saturated heterocycles. The Morgan fingerprint density at radius 1 is 0.612 bits per heavy atom. The second kappa shape index (κ2) is 12.8. The molecule has 0 aliphatic carbocycles. The van der Waals surface area contributed by atoms with Gasteiger partial charge in [-0.2, -0.15) is 12.1 Å². The Labute approximate surface area is 300 Å². The van der Waals surface area contributed by atoms with E-state index >= 15 is 0 Å². The van der Waals surface area contributed by atoms with E-state index < -0.39 is 0 Å². The monoisotopic (exact) mass is 812 g/mol. The maximum Gasteiger partial charge on any atom is 2.00 e. The standard InChI is InChI=1S/C43H31N5.Pt/c1-45-30-46(41-22-11-10-21-40(41)45)34-17-12-18-35(28-34)47(33-15-6-3-7-16-33)36-23-24-38-37-19-8-9-20-39(37)48(42(38)29-36)43-27-32(25-26-44-43)31-13-4-2-5-14-31;/h2-27H,30H2,1H3;/q-2;+2. The number of hydrogen-bond acceptors (Lipinski definition) is 4. The number of fused-ring (bicyclic) bond motifs is 4. The van der Waals surface area contributed by atoms with Gasteiger partial charge in [-0.3, -0.25) is 0 Å². The van der Waals surface area contributed by atoms with Gasteiger partial charge in [0.1, 0.15) is 5.82 Å². The van der Waals surface area contributed by atoms with E-state index in [1.54, 1.807) is 0 Å². The summed E-state index contributed by atoms with van der Waals surface area (Å²) in [5.41, 5.74) is 10.6. The van der Waals surface area contributed by atoms with Crippen molar-refractivity contribution in [1.29, 1.82) is 0 Å². The van der Waals surface area contributed by atoms with Crippen molar-refractivity contribution in [2.24, 2.45) is 0 Å². The maximum atomic E-state index is 4.89. The van der Waals surface area contributed by atoms with Gasteiger partial charge in [0.15, 0.2) is 0 Å². The van der Waals surface area contributed by atoms with Gasteiger partial charge in [-0.25, -0.2) is 4.98 Å². The van der Waals surface area contributed by atoms with Gasteiger partial charge >= 0.3 is 21.1 Å². The third kappa shape index (κ3) is 5.37. The van der Waals surface area contributed by atoms with Crippen LogP contribution in [0.1, 0.15) is 0 Å². The van der Waals surface area contributed by atoms with E-state index in [4.69, 9.17) is 4.98 Å². The average Bonchev–Trinajstić information content (AvgIpc) is 3.67. The number of pyridine rings is 1. The van der Waals surface area contributed by atoms with Gasteiger partial charge in [0.2, 0.25) is 0 Å². The normalized spacial score (nSPS) is 12.3. The molecule has 8 aromatic rings. The van der Waals surface area contributed by atoms with Crippen LogP contribution in [0.15, 0.2) is 158 Å². The molecule has 6 heteroatoms. The summed E-state index contributed by atoms with van der Waals surface area (Å²) in [6.45, 7) is 0.762. The van der Waals surface area contributed by atoms with Crippen LogP contribution in [0.3, 0.4) is 0 Å². The van der Waals surface area contributed by atoms with Gasteiger partial charge in [0, 0.05) is 24.4 Å². The summed E-state index contributed by atoms with van der Waals surface area (Å²) in [4.78, 5) is 11.7. The Kier molecular flexibility index (Phi) is 7.99. The fourth-order valence-electron chi connectivity index (χ4n) is 6.90. The van der Waals surface area contributed by atoms with E-state index in [0.29, 0.717) is 0 Å². The molecule has 0 N–H and O–H groups in total. The molecule has 3 heterocycles. The number of rotatable bonds is 6. The van der Waals surface area contributed by atoms with Crippen molar-refractivity contribution in [3.05, 3.63) is 170 Å². The first kappa shape index (κ1) is 30.7. The summed E-state index contributed by atoms with van der Waals surface area (Å²) in [5.74, 6) is 0.854. The van der Waals surface area contributed by atoms with Crippen LogP contribution in [-0.2, 0) is 21.1 Å². The Balaban J connectivity index is 0.00000348. The second-order valence-electron chi connectivity index (χ2n) is 12.1. The zero-order valence-corrected chi connectivity index (χ0v) is 29.0. The van der Waals surface area contributed by atoms with E-state index in [2.05, 4.69) is 184 Å². The van der Waals surface area contributed by atoms with Crippen LogP contribution in [0, 0.1) is 12.1 Å². The number of para-hydroxylation sites is 4. The van der Waals surface area contributed by atoms with Crippen molar-refractivity contribution in [3.63, 3.8) is 0 Å². The Bertz CT molecular complexity index is 2420. The molecule has 0 spiro atoms. The van der Waals surface area contributed by atoms with E-state index in [9.17, 15) is 0 Å². The van der Waals surface area contributed by atoms with Crippen LogP contribution in [-0.4, -0.2) is 23.3 Å². The number of anilines is 6. The molecule has 0 fully saturated rings. The zero-order valence-electron chi connectivity index (χ0n) is 26.8. The molecule has 0 atom stereocenters. The van der Waals surface area contributed by atoms with Gasteiger partial charge in [-0.1, -0.05) is 101 Å². The van der Waals surface area contributed by atoms with Crippen LogP contribution in [0.2, 0.25) is 0 Å². The molecule has 0 saturated carbocycles. The summed E-state index contributed by atoms with van der Waals surface area (Å²) in [5, 5.41) is 2.29. The predicted molar refractivity (Wildman–Crippen MR) is 198 cm³/mol. The number of nitrogens with zero attached hydrogens (tertiary/aromatic N) is 5. The number of benzene rings is 6. The Hall–Kier alpha value is -5.64. The van der Waals surface area contributed by atoms with E-state index in [1.165, 1.54) is 16.8 Å². The summed E-state index contributed by atoms with van der Waals surface area (Å²) in [6, 6.07) is 60.6. The van der Waals surface area contributed by atoms with E-state index in [0.717, 1.165) is 62.8 Å². The molecule has 2 aromatic heterocycles. The molecule has 0 radical (unpaired) electrons. The van der Waals surface area contributed by atoms with Crippen molar-refractivity contribution in [2.45, 2.75) is 0 Å². The first-order chi connectivity index (χ1) is 23.7. The summed E-state index contributed by atoms with van der Waals surface area (Å²) < 4.78 is 2.24. The third-order valence-corrected chi connectivity index (χ3v) is 9.14. The van der Waals surface area contributed by atoms with E-state index in [-0.39, 0.29) is 21.1 Å². The smallest absolute Gasteiger partial charge is 0.358 e. The molecular weight excluding hydrogens is 782 g/mol. The maximum absolute atomic E-state index is 4.89.